The van der Waals surface area contributed by atoms with Gasteiger partial charge in [-0.05, 0) is 19.1 Å². The summed E-state index contributed by atoms with van der Waals surface area (Å²) in [7, 11) is -3.26. The van der Waals surface area contributed by atoms with Crippen molar-refractivity contribution >= 4 is 9.84 Å². The Morgan fingerprint density at radius 2 is 1.82 bits per heavy atom. The number of hydrogen-bond donors (Lipinski definition) is 1. The van der Waals surface area contributed by atoms with Crippen LogP contribution in [-0.4, -0.2) is 26.0 Å². The van der Waals surface area contributed by atoms with Crippen LogP contribution in [-0.2, 0) is 9.84 Å². The molecule has 1 aliphatic rings. The molecule has 1 aromatic carbocycles. The Labute approximate surface area is 98.8 Å². The highest BCUT2D eigenvalue weighted by Gasteiger charge is 2.32. The number of benzene rings is 1. The van der Waals surface area contributed by atoms with Gasteiger partial charge in [-0.1, -0.05) is 6.07 Å². The third-order valence-electron chi connectivity index (χ3n) is 2.76. The number of hydrogen-bond acceptors (Lipinski definition) is 3. The summed E-state index contributed by atoms with van der Waals surface area (Å²) >= 11 is 0. The van der Waals surface area contributed by atoms with Gasteiger partial charge in [-0.15, -0.1) is 0 Å². The molecule has 1 aliphatic heterocycles. The van der Waals surface area contributed by atoms with Crippen molar-refractivity contribution in [2.45, 2.75) is 19.0 Å². The van der Waals surface area contributed by atoms with Gasteiger partial charge >= 0.3 is 0 Å². The zero-order chi connectivity index (χ0) is 12.6. The molecular formula is C11H13F2NO2S. The fourth-order valence-corrected chi connectivity index (χ4v) is 3.92. The summed E-state index contributed by atoms with van der Waals surface area (Å²) in [6, 6.07) is 2.40. The van der Waals surface area contributed by atoms with Gasteiger partial charge < -0.3 is 5.32 Å². The van der Waals surface area contributed by atoms with Gasteiger partial charge in [0, 0.05) is 11.6 Å². The van der Waals surface area contributed by atoms with Crippen molar-refractivity contribution in [2.75, 3.05) is 11.5 Å². The molecule has 1 N–H and O–H groups in total. The first kappa shape index (κ1) is 12.4. The summed E-state index contributed by atoms with van der Waals surface area (Å²) in [6.07, 6.45) is 0. The molecule has 2 rings (SSSR count). The van der Waals surface area contributed by atoms with E-state index in [1.807, 2.05) is 0 Å². The summed E-state index contributed by atoms with van der Waals surface area (Å²) in [5, 5.41) is 2.91. The van der Waals surface area contributed by atoms with Crippen molar-refractivity contribution < 1.29 is 17.2 Å². The lowest BCUT2D eigenvalue weighted by atomic mass is 10.1. The van der Waals surface area contributed by atoms with Crippen molar-refractivity contribution in [1.82, 2.24) is 5.32 Å². The molecule has 0 aliphatic carbocycles. The molecule has 0 radical (unpaired) electrons. The highest BCUT2D eigenvalue weighted by atomic mass is 32.2. The lowest BCUT2D eigenvalue weighted by molar-refractivity contribution is 0.436. The van der Waals surface area contributed by atoms with Gasteiger partial charge in [0.25, 0.3) is 0 Å². The second kappa shape index (κ2) is 4.34. The van der Waals surface area contributed by atoms with E-state index < -0.39 is 27.5 Å². The lowest BCUT2D eigenvalue weighted by Gasteiger charge is -2.29. The Balaban J connectivity index is 2.40. The molecule has 1 heterocycles. The van der Waals surface area contributed by atoms with Crippen LogP contribution in [0.25, 0.3) is 0 Å². The van der Waals surface area contributed by atoms with E-state index in [0.717, 1.165) is 12.1 Å². The standard InChI is InChI=1S/C11H13F2NO2S/c1-7-5-17(15,16)6-10(14-7)11-8(12)3-2-4-9(11)13/h2-4,7,10,14H,5-6H2,1H3. The predicted molar refractivity (Wildman–Crippen MR) is 60.4 cm³/mol. The molecular weight excluding hydrogens is 248 g/mol. The largest absolute Gasteiger partial charge is 0.305 e. The topological polar surface area (TPSA) is 46.2 Å². The quantitative estimate of drug-likeness (QED) is 0.831. The molecule has 1 saturated heterocycles. The van der Waals surface area contributed by atoms with Crippen molar-refractivity contribution in [3.63, 3.8) is 0 Å². The fourth-order valence-electron chi connectivity index (χ4n) is 2.15. The van der Waals surface area contributed by atoms with E-state index >= 15 is 0 Å². The van der Waals surface area contributed by atoms with Crippen LogP contribution in [0.3, 0.4) is 0 Å². The number of rotatable bonds is 1. The third-order valence-corrected chi connectivity index (χ3v) is 4.61. The van der Waals surface area contributed by atoms with Crippen molar-refractivity contribution in [2.24, 2.45) is 0 Å². The second-order valence-electron chi connectivity index (χ2n) is 4.33. The summed E-state index contributed by atoms with van der Waals surface area (Å²) in [5.74, 6) is -1.70. The molecule has 1 aromatic rings. The molecule has 2 atom stereocenters. The molecule has 94 valence electrons. The van der Waals surface area contributed by atoms with Crippen molar-refractivity contribution in [3.8, 4) is 0 Å². The predicted octanol–water partition coefficient (Wildman–Crippen LogP) is 1.41. The molecule has 6 heteroatoms. The van der Waals surface area contributed by atoms with E-state index in [0.29, 0.717) is 0 Å². The molecule has 0 amide bonds. The fraction of sp³-hybridized carbons (Fsp3) is 0.455. The van der Waals surface area contributed by atoms with Crippen LogP contribution in [0.1, 0.15) is 18.5 Å². The second-order valence-corrected chi connectivity index (χ2v) is 6.49. The Morgan fingerprint density at radius 1 is 1.24 bits per heavy atom. The minimum Gasteiger partial charge on any atom is -0.305 e. The molecule has 1 fully saturated rings. The smallest absolute Gasteiger partial charge is 0.153 e. The van der Waals surface area contributed by atoms with E-state index in [4.69, 9.17) is 0 Å². The number of sulfone groups is 1. The van der Waals surface area contributed by atoms with E-state index in [1.165, 1.54) is 6.07 Å². The van der Waals surface area contributed by atoms with Gasteiger partial charge in [0.2, 0.25) is 0 Å². The maximum atomic E-state index is 13.5. The van der Waals surface area contributed by atoms with E-state index in [-0.39, 0.29) is 23.1 Å². The average Bonchev–Trinajstić information content (AvgIpc) is 2.13. The molecule has 3 nitrogen and oxygen atoms in total. The monoisotopic (exact) mass is 261 g/mol. The minimum absolute atomic E-state index is 0.000425. The van der Waals surface area contributed by atoms with Crippen LogP contribution < -0.4 is 5.32 Å². The zero-order valence-corrected chi connectivity index (χ0v) is 10.1. The zero-order valence-electron chi connectivity index (χ0n) is 9.28. The molecule has 0 aromatic heterocycles. The summed E-state index contributed by atoms with van der Waals surface area (Å²) in [5.41, 5.74) is -0.192. The lowest BCUT2D eigenvalue weighted by Crippen LogP contribution is -2.46. The Morgan fingerprint density at radius 3 is 2.35 bits per heavy atom. The molecule has 0 bridgehead atoms. The van der Waals surface area contributed by atoms with E-state index in [2.05, 4.69) is 5.32 Å². The molecule has 17 heavy (non-hydrogen) atoms. The Hall–Kier alpha value is -1.01. The first-order chi connectivity index (χ1) is 7.89. The van der Waals surface area contributed by atoms with Gasteiger partial charge in [0.15, 0.2) is 9.84 Å². The highest BCUT2D eigenvalue weighted by Crippen LogP contribution is 2.25. The summed E-state index contributed by atoms with van der Waals surface area (Å²) in [6.45, 7) is 1.68. The van der Waals surface area contributed by atoms with Gasteiger partial charge in [0.1, 0.15) is 11.6 Å². The molecule has 2 unspecified atom stereocenters. The number of nitrogens with one attached hydrogen (secondary N) is 1. The SMILES string of the molecule is CC1CS(=O)(=O)CC(c2c(F)cccc2F)N1. The summed E-state index contributed by atoms with van der Waals surface area (Å²) < 4.78 is 50.2. The third kappa shape index (κ3) is 2.63. The van der Waals surface area contributed by atoms with Gasteiger partial charge in [-0.25, -0.2) is 17.2 Å². The maximum Gasteiger partial charge on any atom is 0.153 e. The molecule has 0 spiro atoms. The van der Waals surface area contributed by atoms with Crippen LogP contribution in [0.5, 0.6) is 0 Å². The number of halogens is 2. The van der Waals surface area contributed by atoms with Crippen LogP contribution >= 0.6 is 0 Å². The normalized spacial score (nSPS) is 27.9. The summed E-state index contributed by atoms with van der Waals surface area (Å²) in [4.78, 5) is 0. The van der Waals surface area contributed by atoms with Gasteiger partial charge in [-0.3, -0.25) is 0 Å². The van der Waals surface area contributed by atoms with Gasteiger partial charge in [-0.2, -0.15) is 0 Å². The van der Waals surface area contributed by atoms with Crippen LogP contribution in [0.4, 0.5) is 8.78 Å². The van der Waals surface area contributed by atoms with Crippen LogP contribution in [0.15, 0.2) is 18.2 Å². The van der Waals surface area contributed by atoms with Gasteiger partial charge in [0.05, 0.1) is 17.5 Å². The van der Waals surface area contributed by atoms with Crippen molar-refractivity contribution in [1.29, 1.82) is 0 Å². The minimum atomic E-state index is -3.26. The first-order valence-corrected chi connectivity index (χ1v) is 7.11. The van der Waals surface area contributed by atoms with Crippen molar-refractivity contribution in [3.05, 3.63) is 35.4 Å². The van der Waals surface area contributed by atoms with E-state index in [1.54, 1.807) is 6.92 Å². The van der Waals surface area contributed by atoms with E-state index in [9.17, 15) is 17.2 Å². The highest BCUT2D eigenvalue weighted by molar-refractivity contribution is 7.91. The van der Waals surface area contributed by atoms with Crippen LogP contribution in [0, 0.1) is 11.6 Å². The molecule has 0 saturated carbocycles. The Bertz CT molecular complexity index is 510. The average molecular weight is 261 g/mol. The first-order valence-electron chi connectivity index (χ1n) is 5.29. The van der Waals surface area contributed by atoms with Crippen LogP contribution in [0.2, 0.25) is 0 Å². The Kier molecular flexibility index (Phi) is 3.18. The maximum absolute atomic E-state index is 13.5.